The summed E-state index contributed by atoms with van der Waals surface area (Å²) in [6, 6.07) is 0. The predicted molar refractivity (Wildman–Crippen MR) is 47.4 cm³/mol. The summed E-state index contributed by atoms with van der Waals surface area (Å²) in [6.45, 7) is 2.84. The smallest absolute Gasteiger partial charge is 0.375 e. The normalized spacial score (nSPS) is 18.3. The van der Waals surface area contributed by atoms with E-state index in [1.807, 2.05) is 13.8 Å². The van der Waals surface area contributed by atoms with Gasteiger partial charge in [-0.3, -0.25) is 0 Å². The van der Waals surface area contributed by atoms with Gasteiger partial charge in [0.05, 0.1) is 6.54 Å². The molecule has 0 aromatic rings. The highest BCUT2D eigenvalue weighted by molar-refractivity contribution is 5.75. The summed E-state index contributed by atoms with van der Waals surface area (Å²) >= 11 is 0. The van der Waals surface area contributed by atoms with E-state index in [-0.39, 0.29) is 5.54 Å². The Kier molecular flexibility index (Phi) is 2.81. The van der Waals surface area contributed by atoms with Gasteiger partial charge in [-0.15, -0.1) is 0 Å². The van der Waals surface area contributed by atoms with Gasteiger partial charge in [0.2, 0.25) is 0 Å². The number of carboxylic acid groups (broad SMARTS) is 1. The van der Waals surface area contributed by atoms with Gasteiger partial charge in [-0.2, -0.15) is 8.78 Å². The van der Waals surface area contributed by atoms with Crippen LogP contribution < -0.4 is 5.32 Å². The number of hydrogen-bond donors (Lipinski definition) is 2. The summed E-state index contributed by atoms with van der Waals surface area (Å²) < 4.78 is 25.4. The molecule has 0 aromatic carbocycles. The summed E-state index contributed by atoms with van der Waals surface area (Å²) in [4.78, 5) is 10.1. The van der Waals surface area contributed by atoms with E-state index in [0.29, 0.717) is 5.92 Å². The highest BCUT2D eigenvalue weighted by atomic mass is 19.3. The lowest BCUT2D eigenvalue weighted by atomic mass is 9.98. The van der Waals surface area contributed by atoms with E-state index in [9.17, 15) is 13.6 Å². The molecule has 1 aliphatic carbocycles. The van der Waals surface area contributed by atoms with Gasteiger partial charge in [-0.1, -0.05) is 0 Å². The zero-order valence-corrected chi connectivity index (χ0v) is 8.31. The number of rotatable bonds is 5. The number of nitrogens with one attached hydrogen (secondary N) is 1. The molecule has 0 amide bonds. The van der Waals surface area contributed by atoms with Crippen molar-refractivity contribution in [3.05, 3.63) is 0 Å². The largest absolute Gasteiger partial charge is 0.477 e. The fourth-order valence-corrected chi connectivity index (χ4v) is 1.36. The van der Waals surface area contributed by atoms with Gasteiger partial charge in [-0.05, 0) is 32.6 Å². The van der Waals surface area contributed by atoms with Crippen molar-refractivity contribution in [3.63, 3.8) is 0 Å². The van der Waals surface area contributed by atoms with Crippen LogP contribution in [0.25, 0.3) is 0 Å². The average Bonchev–Trinajstić information content (AvgIpc) is 2.83. The summed E-state index contributed by atoms with van der Waals surface area (Å²) in [5.41, 5.74) is -0.390. The monoisotopic (exact) mass is 207 g/mol. The first-order chi connectivity index (χ1) is 6.26. The van der Waals surface area contributed by atoms with Crippen LogP contribution in [0.2, 0.25) is 0 Å². The quantitative estimate of drug-likeness (QED) is 0.718. The topological polar surface area (TPSA) is 49.3 Å². The molecule has 0 unspecified atom stereocenters. The third-order valence-electron chi connectivity index (χ3n) is 2.68. The Morgan fingerprint density at radius 3 is 2.36 bits per heavy atom. The maximum atomic E-state index is 12.7. The molecule has 0 bridgehead atoms. The second-order valence-corrected chi connectivity index (χ2v) is 4.36. The Morgan fingerprint density at radius 2 is 2.00 bits per heavy atom. The second kappa shape index (κ2) is 3.46. The van der Waals surface area contributed by atoms with Crippen molar-refractivity contribution in [1.82, 2.24) is 5.32 Å². The standard InChI is InChI=1S/C9H15F2NO2/c1-8(2,6-3-4-6)12-5-9(10,11)7(13)14/h6,12H,3-5H2,1-2H3,(H,13,14). The fraction of sp³-hybridized carbons (Fsp3) is 0.889. The third kappa shape index (κ3) is 2.64. The lowest BCUT2D eigenvalue weighted by Gasteiger charge is -2.27. The molecule has 82 valence electrons. The van der Waals surface area contributed by atoms with Crippen LogP contribution in [-0.2, 0) is 4.79 Å². The molecule has 14 heavy (non-hydrogen) atoms. The van der Waals surface area contributed by atoms with Crippen LogP contribution in [0, 0.1) is 5.92 Å². The van der Waals surface area contributed by atoms with E-state index in [1.165, 1.54) is 0 Å². The third-order valence-corrected chi connectivity index (χ3v) is 2.68. The van der Waals surface area contributed by atoms with E-state index in [2.05, 4.69) is 5.32 Å². The summed E-state index contributed by atoms with van der Waals surface area (Å²) in [7, 11) is 0. The molecule has 1 aliphatic rings. The number of hydrogen-bond acceptors (Lipinski definition) is 2. The Hall–Kier alpha value is -0.710. The molecular weight excluding hydrogens is 192 g/mol. The van der Waals surface area contributed by atoms with Crippen molar-refractivity contribution in [2.45, 2.75) is 38.2 Å². The molecule has 0 radical (unpaired) electrons. The van der Waals surface area contributed by atoms with Crippen molar-refractivity contribution in [1.29, 1.82) is 0 Å². The van der Waals surface area contributed by atoms with Crippen LogP contribution in [0.5, 0.6) is 0 Å². The number of alkyl halides is 2. The molecule has 1 saturated carbocycles. The Morgan fingerprint density at radius 1 is 1.50 bits per heavy atom. The van der Waals surface area contributed by atoms with Gasteiger partial charge in [0.1, 0.15) is 0 Å². The molecule has 0 spiro atoms. The zero-order valence-electron chi connectivity index (χ0n) is 8.31. The van der Waals surface area contributed by atoms with Crippen LogP contribution in [0.1, 0.15) is 26.7 Å². The molecule has 5 heteroatoms. The molecule has 0 atom stereocenters. The van der Waals surface area contributed by atoms with Crippen LogP contribution in [-0.4, -0.2) is 29.1 Å². The zero-order chi connectivity index (χ0) is 11.0. The number of aliphatic carboxylic acids is 1. The molecule has 3 nitrogen and oxygen atoms in total. The highest BCUT2D eigenvalue weighted by Gasteiger charge is 2.43. The van der Waals surface area contributed by atoms with E-state index in [1.54, 1.807) is 0 Å². The summed E-state index contributed by atoms with van der Waals surface area (Å²) in [5, 5.41) is 10.8. The average molecular weight is 207 g/mol. The molecule has 1 fully saturated rings. The van der Waals surface area contributed by atoms with E-state index >= 15 is 0 Å². The van der Waals surface area contributed by atoms with Crippen molar-refractivity contribution < 1.29 is 18.7 Å². The molecule has 2 N–H and O–H groups in total. The SMILES string of the molecule is CC(C)(NCC(F)(F)C(=O)O)C1CC1. The van der Waals surface area contributed by atoms with Gasteiger partial charge in [0.25, 0.3) is 0 Å². The first kappa shape index (κ1) is 11.4. The molecule has 1 rings (SSSR count). The van der Waals surface area contributed by atoms with Crippen LogP contribution in [0.15, 0.2) is 0 Å². The molecule has 0 aliphatic heterocycles. The molecule has 0 heterocycles. The van der Waals surface area contributed by atoms with Crippen LogP contribution >= 0.6 is 0 Å². The van der Waals surface area contributed by atoms with Crippen molar-refractivity contribution >= 4 is 5.97 Å². The predicted octanol–water partition coefficient (Wildman–Crippen LogP) is 1.48. The lowest BCUT2D eigenvalue weighted by molar-refractivity contribution is -0.164. The van der Waals surface area contributed by atoms with Crippen molar-refractivity contribution in [2.75, 3.05) is 6.54 Å². The summed E-state index contributed by atoms with van der Waals surface area (Å²) in [6.07, 6.45) is 2.05. The van der Waals surface area contributed by atoms with Crippen LogP contribution in [0.4, 0.5) is 8.78 Å². The van der Waals surface area contributed by atoms with E-state index in [0.717, 1.165) is 12.8 Å². The maximum absolute atomic E-state index is 12.7. The maximum Gasteiger partial charge on any atom is 0.375 e. The van der Waals surface area contributed by atoms with Crippen molar-refractivity contribution in [2.24, 2.45) is 5.92 Å². The first-order valence-electron chi connectivity index (χ1n) is 4.62. The molecular formula is C9H15F2NO2. The van der Waals surface area contributed by atoms with Gasteiger partial charge in [0.15, 0.2) is 0 Å². The summed E-state index contributed by atoms with van der Waals surface area (Å²) in [5.74, 6) is -5.35. The van der Waals surface area contributed by atoms with E-state index in [4.69, 9.17) is 5.11 Å². The molecule has 0 aromatic heterocycles. The lowest BCUT2D eigenvalue weighted by Crippen LogP contribution is -2.49. The minimum absolute atomic E-state index is 0.390. The van der Waals surface area contributed by atoms with Crippen LogP contribution in [0.3, 0.4) is 0 Å². The van der Waals surface area contributed by atoms with Gasteiger partial charge >= 0.3 is 11.9 Å². The number of halogens is 2. The number of carboxylic acids is 1. The Bertz CT molecular complexity index is 237. The minimum atomic E-state index is -3.67. The minimum Gasteiger partial charge on any atom is -0.477 e. The van der Waals surface area contributed by atoms with E-state index < -0.39 is 18.4 Å². The van der Waals surface area contributed by atoms with Gasteiger partial charge in [0, 0.05) is 5.54 Å². The van der Waals surface area contributed by atoms with Gasteiger partial charge in [-0.25, -0.2) is 4.79 Å². The molecule has 0 saturated heterocycles. The Labute approximate surface area is 81.5 Å². The van der Waals surface area contributed by atoms with Crippen molar-refractivity contribution in [3.8, 4) is 0 Å². The fourth-order valence-electron chi connectivity index (χ4n) is 1.36. The second-order valence-electron chi connectivity index (χ2n) is 4.36. The number of carbonyl (C=O) groups is 1. The Balaban J connectivity index is 2.42. The highest BCUT2D eigenvalue weighted by Crippen LogP contribution is 2.39. The van der Waals surface area contributed by atoms with Gasteiger partial charge < -0.3 is 10.4 Å². The first-order valence-corrected chi connectivity index (χ1v) is 4.62.